The summed E-state index contributed by atoms with van der Waals surface area (Å²) < 4.78 is 58.2. The Morgan fingerprint density at radius 2 is 2.10 bits per heavy atom. The highest BCUT2D eigenvalue weighted by atomic mass is 32.2. The largest absolute Gasteiger partial charge is 0.586 e. The van der Waals surface area contributed by atoms with E-state index in [2.05, 4.69) is 9.47 Å². The first-order chi connectivity index (χ1) is 9.18. The van der Waals surface area contributed by atoms with Gasteiger partial charge in [0, 0.05) is 11.8 Å². The van der Waals surface area contributed by atoms with Gasteiger partial charge >= 0.3 is 6.29 Å². The monoisotopic (exact) mass is 304 g/mol. The minimum atomic E-state index is -3.77. The zero-order chi connectivity index (χ0) is 15.0. The van der Waals surface area contributed by atoms with E-state index >= 15 is 0 Å². The van der Waals surface area contributed by atoms with Crippen molar-refractivity contribution in [3.63, 3.8) is 0 Å². The van der Waals surface area contributed by atoms with Crippen LogP contribution in [-0.4, -0.2) is 26.7 Å². The van der Waals surface area contributed by atoms with Crippen LogP contribution < -0.4 is 14.2 Å². The normalized spacial score (nSPS) is 16.4. The lowest BCUT2D eigenvalue weighted by molar-refractivity contribution is -0.286. The van der Waals surface area contributed by atoms with E-state index in [4.69, 9.17) is 5.41 Å². The molecular formula is C11H10F2N2O4S. The molecule has 1 aliphatic rings. The number of allylic oxidation sites excluding steroid dienone is 1. The average Bonchev–Trinajstić information content (AvgIpc) is 2.60. The van der Waals surface area contributed by atoms with E-state index in [0.29, 0.717) is 0 Å². The van der Waals surface area contributed by atoms with Crippen LogP contribution >= 0.6 is 0 Å². The third-order valence-corrected chi connectivity index (χ3v) is 2.82. The lowest BCUT2D eigenvalue weighted by Gasteiger charge is -2.06. The summed E-state index contributed by atoms with van der Waals surface area (Å²) in [6.07, 6.45) is -0.701. The van der Waals surface area contributed by atoms with Crippen LogP contribution in [0.25, 0.3) is 0 Å². The molecule has 1 aliphatic heterocycles. The molecule has 0 amide bonds. The van der Waals surface area contributed by atoms with Gasteiger partial charge < -0.3 is 14.9 Å². The predicted molar refractivity (Wildman–Crippen MR) is 66.6 cm³/mol. The van der Waals surface area contributed by atoms with Gasteiger partial charge in [0.2, 0.25) is 10.0 Å². The summed E-state index contributed by atoms with van der Waals surface area (Å²) in [5.41, 5.74) is -0.148. The highest BCUT2D eigenvalue weighted by Gasteiger charge is 2.44. The number of fused-ring (bicyclic) bond motifs is 1. The fraction of sp³-hybridized carbons (Fsp3) is 0.182. The summed E-state index contributed by atoms with van der Waals surface area (Å²) in [6, 6.07) is 4.09. The van der Waals surface area contributed by atoms with Crippen molar-refractivity contribution in [2.75, 3.05) is 6.26 Å². The van der Waals surface area contributed by atoms with Crippen LogP contribution in [0.5, 0.6) is 11.5 Å². The van der Waals surface area contributed by atoms with Gasteiger partial charge in [-0.1, -0.05) is 6.07 Å². The zero-order valence-electron chi connectivity index (χ0n) is 10.2. The van der Waals surface area contributed by atoms with Crippen molar-refractivity contribution in [3.8, 4) is 11.5 Å². The standard InChI is InChI=1S/C11H10F2N2O4S/c1-20(16,17)15-6-5-8(14)7-3-2-4-9-10(7)19-11(12,13)18-9/h2-6,14-15H,1H3/b6-5-,14-8?. The van der Waals surface area contributed by atoms with Crippen molar-refractivity contribution in [2.45, 2.75) is 6.29 Å². The number of benzene rings is 1. The van der Waals surface area contributed by atoms with E-state index in [0.717, 1.165) is 18.5 Å². The van der Waals surface area contributed by atoms with Gasteiger partial charge in [0.1, 0.15) is 0 Å². The molecule has 0 fully saturated rings. The van der Waals surface area contributed by atoms with Crippen molar-refractivity contribution < 1.29 is 26.7 Å². The Balaban J connectivity index is 2.23. The highest BCUT2D eigenvalue weighted by molar-refractivity contribution is 7.88. The number of para-hydroxylation sites is 1. The van der Waals surface area contributed by atoms with E-state index in [-0.39, 0.29) is 22.8 Å². The molecule has 0 atom stereocenters. The van der Waals surface area contributed by atoms with E-state index in [1.165, 1.54) is 18.2 Å². The van der Waals surface area contributed by atoms with Gasteiger partial charge in [-0.25, -0.2) is 8.42 Å². The van der Waals surface area contributed by atoms with Gasteiger partial charge in [-0.2, -0.15) is 0 Å². The molecule has 0 saturated carbocycles. The maximum atomic E-state index is 13.0. The Bertz CT molecular complexity index is 686. The molecule has 108 valence electrons. The Morgan fingerprint density at radius 1 is 1.40 bits per heavy atom. The molecule has 0 aliphatic carbocycles. The summed E-state index contributed by atoms with van der Waals surface area (Å²) in [7, 11) is -3.44. The van der Waals surface area contributed by atoms with E-state index < -0.39 is 16.3 Å². The van der Waals surface area contributed by atoms with Gasteiger partial charge in [-0.3, -0.25) is 4.72 Å². The second kappa shape index (κ2) is 4.75. The summed E-state index contributed by atoms with van der Waals surface area (Å²) in [5.74, 6) is -0.437. The lowest BCUT2D eigenvalue weighted by atomic mass is 10.1. The molecule has 1 heterocycles. The SMILES string of the molecule is CS(=O)(=O)N/C=C\C(=N)c1cccc2c1OC(F)(F)O2. The fourth-order valence-electron chi connectivity index (χ4n) is 1.51. The molecule has 0 spiro atoms. The van der Waals surface area contributed by atoms with Crippen molar-refractivity contribution in [1.29, 1.82) is 5.41 Å². The maximum Gasteiger partial charge on any atom is 0.586 e. The van der Waals surface area contributed by atoms with Crippen LogP contribution in [0.15, 0.2) is 30.5 Å². The molecule has 2 rings (SSSR count). The number of sulfonamides is 1. The second-order valence-electron chi connectivity index (χ2n) is 3.94. The molecule has 2 N–H and O–H groups in total. The number of hydrogen-bond acceptors (Lipinski definition) is 5. The van der Waals surface area contributed by atoms with Crippen molar-refractivity contribution >= 4 is 15.7 Å². The fourth-order valence-corrected chi connectivity index (χ4v) is 1.83. The molecule has 0 saturated heterocycles. The smallest absolute Gasteiger partial charge is 0.395 e. The number of rotatable bonds is 4. The summed E-state index contributed by atoms with van der Waals surface area (Å²) in [5, 5.41) is 7.73. The first-order valence-electron chi connectivity index (χ1n) is 5.29. The topological polar surface area (TPSA) is 88.5 Å². The molecule has 0 bridgehead atoms. The Kier molecular flexibility index (Phi) is 3.38. The quantitative estimate of drug-likeness (QED) is 0.824. The van der Waals surface area contributed by atoms with Crippen LogP contribution in [-0.2, 0) is 10.0 Å². The first kappa shape index (κ1) is 14.3. The minimum Gasteiger partial charge on any atom is -0.395 e. The summed E-state index contributed by atoms with van der Waals surface area (Å²) in [6.45, 7) is 0. The summed E-state index contributed by atoms with van der Waals surface area (Å²) >= 11 is 0. The first-order valence-corrected chi connectivity index (χ1v) is 7.19. The van der Waals surface area contributed by atoms with Gasteiger partial charge in [-0.05, 0) is 18.2 Å². The Hall–Kier alpha value is -2.16. The Morgan fingerprint density at radius 3 is 2.75 bits per heavy atom. The van der Waals surface area contributed by atoms with Crippen LogP contribution in [0.4, 0.5) is 8.78 Å². The number of hydrogen-bond donors (Lipinski definition) is 2. The molecule has 0 radical (unpaired) electrons. The minimum absolute atomic E-state index is 0.0613. The molecule has 0 aromatic heterocycles. The number of ether oxygens (including phenoxy) is 2. The molecular weight excluding hydrogens is 294 g/mol. The lowest BCUT2D eigenvalue weighted by Crippen LogP contribution is -2.26. The van der Waals surface area contributed by atoms with Gasteiger partial charge in [-0.15, -0.1) is 8.78 Å². The third-order valence-electron chi connectivity index (χ3n) is 2.25. The summed E-state index contributed by atoms with van der Waals surface area (Å²) in [4.78, 5) is 0. The predicted octanol–water partition coefficient (Wildman–Crippen LogP) is 1.44. The highest BCUT2D eigenvalue weighted by Crippen LogP contribution is 2.43. The van der Waals surface area contributed by atoms with Gasteiger partial charge in [0.25, 0.3) is 0 Å². The van der Waals surface area contributed by atoms with Crippen molar-refractivity contribution in [1.82, 2.24) is 4.72 Å². The van der Waals surface area contributed by atoms with Crippen LogP contribution in [0.3, 0.4) is 0 Å². The van der Waals surface area contributed by atoms with E-state index in [1.807, 2.05) is 4.72 Å². The number of halogens is 2. The Labute approximate surface area is 113 Å². The van der Waals surface area contributed by atoms with Crippen molar-refractivity contribution in [3.05, 3.63) is 36.0 Å². The van der Waals surface area contributed by atoms with Gasteiger partial charge in [0.15, 0.2) is 11.5 Å². The molecule has 9 heteroatoms. The third kappa shape index (κ3) is 3.23. The maximum absolute atomic E-state index is 13.0. The van der Waals surface area contributed by atoms with Gasteiger partial charge in [0.05, 0.1) is 12.0 Å². The number of nitrogens with one attached hydrogen (secondary N) is 2. The van der Waals surface area contributed by atoms with E-state index in [1.54, 1.807) is 0 Å². The second-order valence-corrected chi connectivity index (χ2v) is 5.72. The zero-order valence-corrected chi connectivity index (χ0v) is 11.0. The molecule has 0 unspecified atom stereocenters. The van der Waals surface area contributed by atoms with E-state index in [9.17, 15) is 17.2 Å². The average molecular weight is 304 g/mol. The van der Waals surface area contributed by atoms with Crippen LogP contribution in [0, 0.1) is 5.41 Å². The molecule has 1 aromatic rings. The van der Waals surface area contributed by atoms with Crippen LogP contribution in [0.1, 0.15) is 5.56 Å². The van der Waals surface area contributed by atoms with Crippen LogP contribution in [0.2, 0.25) is 0 Å². The van der Waals surface area contributed by atoms with Crippen molar-refractivity contribution in [2.24, 2.45) is 0 Å². The molecule has 20 heavy (non-hydrogen) atoms. The number of alkyl halides is 2. The molecule has 1 aromatic carbocycles. The molecule has 6 nitrogen and oxygen atoms in total.